The smallest absolute Gasteiger partial charge is 0.0637 e. The number of hydrogen-bond donors (Lipinski definition) is 1. The maximum atomic E-state index is 6.04. The zero-order chi connectivity index (χ0) is 13.0. The highest BCUT2D eigenvalue weighted by molar-refractivity contribution is 9.10. The number of hydrogen-bond acceptors (Lipinski definition) is 2. The Hall–Kier alpha value is -0.840. The van der Waals surface area contributed by atoms with Crippen molar-refractivity contribution < 1.29 is 0 Å². The number of rotatable bonds is 5. The van der Waals surface area contributed by atoms with Crippen LogP contribution in [0.1, 0.15) is 11.3 Å². The van der Waals surface area contributed by atoms with Crippen molar-refractivity contribution in [2.24, 2.45) is 7.05 Å². The van der Waals surface area contributed by atoms with Gasteiger partial charge in [-0.05, 0) is 39.7 Å². The average molecular weight is 329 g/mol. The standard InChI is InChI=1S/C13H15BrClN3/c1-18-7-5-11(17-18)4-6-16-9-10-2-3-12(14)13(15)8-10/h2-3,5,7-8,16H,4,6,9H2,1H3. The van der Waals surface area contributed by atoms with Crippen molar-refractivity contribution >= 4 is 27.5 Å². The van der Waals surface area contributed by atoms with E-state index in [1.54, 1.807) is 0 Å². The molecule has 0 atom stereocenters. The van der Waals surface area contributed by atoms with E-state index in [9.17, 15) is 0 Å². The first-order valence-electron chi connectivity index (χ1n) is 5.78. The van der Waals surface area contributed by atoms with E-state index in [4.69, 9.17) is 11.6 Å². The van der Waals surface area contributed by atoms with Crippen LogP contribution in [0, 0.1) is 0 Å². The molecule has 0 saturated heterocycles. The molecule has 1 N–H and O–H groups in total. The van der Waals surface area contributed by atoms with Crippen molar-refractivity contribution in [1.29, 1.82) is 0 Å². The van der Waals surface area contributed by atoms with Crippen LogP contribution in [0.15, 0.2) is 34.9 Å². The summed E-state index contributed by atoms with van der Waals surface area (Å²) >= 11 is 9.42. The first kappa shape index (κ1) is 13.6. The summed E-state index contributed by atoms with van der Waals surface area (Å²) in [5.74, 6) is 0. The molecule has 0 unspecified atom stereocenters. The number of aromatic nitrogens is 2. The van der Waals surface area contributed by atoms with Crippen LogP contribution < -0.4 is 5.32 Å². The minimum atomic E-state index is 0.749. The molecule has 1 heterocycles. The number of aryl methyl sites for hydroxylation is 1. The summed E-state index contributed by atoms with van der Waals surface area (Å²) in [6, 6.07) is 8.04. The monoisotopic (exact) mass is 327 g/mol. The van der Waals surface area contributed by atoms with Crippen LogP contribution in [0.5, 0.6) is 0 Å². The summed E-state index contributed by atoms with van der Waals surface area (Å²) < 4.78 is 2.76. The van der Waals surface area contributed by atoms with Crippen molar-refractivity contribution in [3.63, 3.8) is 0 Å². The Balaban J connectivity index is 1.76. The quantitative estimate of drug-likeness (QED) is 0.854. The highest BCUT2D eigenvalue weighted by atomic mass is 79.9. The van der Waals surface area contributed by atoms with Gasteiger partial charge < -0.3 is 5.32 Å². The van der Waals surface area contributed by atoms with Crippen molar-refractivity contribution in [3.05, 3.63) is 51.2 Å². The normalized spacial score (nSPS) is 10.8. The molecule has 3 nitrogen and oxygen atoms in total. The molecule has 0 saturated carbocycles. The van der Waals surface area contributed by atoms with E-state index in [0.717, 1.165) is 34.7 Å². The fourth-order valence-electron chi connectivity index (χ4n) is 1.70. The molecular weight excluding hydrogens is 314 g/mol. The second-order valence-electron chi connectivity index (χ2n) is 4.16. The molecule has 0 fully saturated rings. The maximum absolute atomic E-state index is 6.04. The molecule has 0 aliphatic rings. The van der Waals surface area contributed by atoms with Gasteiger partial charge in [0.25, 0.3) is 0 Å². The van der Waals surface area contributed by atoms with E-state index in [0.29, 0.717) is 0 Å². The zero-order valence-corrected chi connectivity index (χ0v) is 12.5. The molecular formula is C13H15BrClN3. The molecule has 0 radical (unpaired) electrons. The van der Waals surface area contributed by atoms with Crippen LogP contribution in [0.4, 0.5) is 0 Å². The molecule has 0 aliphatic heterocycles. The van der Waals surface area contributed by atoms with Gasteiger partial charge in [-0.25, -0.2) is 0 Å². The first-order valence-corrected chi connectivity index (χ1v) is 6.95. The Morgan fingerprint density at radius 2 is 2.22 bits per heavy atom. The summed E-state index contributed by atoms with van der Waals surface area (Å²) in [5.41, 5.74) is 2.29. The fraction of sp³-hybridized carbons (Fsp3) is 0.308. The van der Waals surface area contributed by atoms with Crippen LogP contribution >= 0.6 is 27.5 Å². The van der Waals surface area contributed by atoms with Gasteiger partial charge in [0.05, 0.1) is 10.7 Å². The Kier molecular flexibility index (Phi) is 4.80. The van der Waals surface area contributed by atoms with Gasteiger partial charge in [-0.15, -0.1) is 0 Å². The maximum Gasteiger partial charge on any atom is 0.0637 e. The van der Waals surface area contributed by atoms with Crippen LogP contribution in [-0.4, -0.2) is 16.3 Å². The second kappa shape index (κ2) is 6.36. The topological polar surface area (TPSA) is 29.9 Å². The van der Waals surface area contributed by atoms with E-state index in [-0.39, 0.29) is 0 Å². The molecule has 0 bridgehead atoms. The van der Waals surface area contributed by atoms with Gasteiger partial charge in [0.2, 0.25) is 0 Å². The minimum absolute atomic E-state index is 0.749. The van der Waals surface area contributed by atoms with Gasteiger partial charge in [-0.3, -0.25) is 4.68 Å². The average Bonchev–Trinajstić information content (AvgIpc) is 2.75. The number of nitrogens with one attached hydrogen (secondary N) is 1. The van der Waals surface area contributed by atoms with E-state index in [2.05, 4.69) is 32.4 Å². The fourth-order valence-corrected chi connectivity index (χ4v) is 2.15. The summed E-state index contributed by atoms with van der Waals surface area (Å²) in [5, 5.41) is 8.46. The largest absolute Gasteiger partial charge is 0.312 e. The highest BCUT2D eigenvalue weighted by Crippen LogP contribution is 2.22. The van der Waals surface area contributed by atoms with Gasteiger partial charge in [-0.1, -0.05) is 17.7 Å². The van der Waals surface area contributed by atoms with E-state index in [1.165, 1.54) is 5.56 Å². The lowest BCUT2D eigenvalue weighted by atomic mass is 10.2. The predicted molar refractivity (Wildman–Crippen MR) is 77.8 cm³/mol. The summed E-state index contributed by atoms with van der Waals surface area (Å²) in [6.07, 6.45) is 2.90. The number of halogens is 2. The Bertz CT molecular complexity index is 525. The zero-order valence-electron chi connectivity index (χ0n) is 10.2. The molecule has 0 amide bonds. The highest BCUT2D eigenvalue weighted by Gasteiger charge is 2.00. The molecule has 5 heteroatoms. The third-order valence-corrected chi connectivity index (χ3v) is 3.87. The van der Waals surface area contributed by atoms with Crippen LogP contribution in [-0.2, 0) is 20.0 Å². The molecule has 1 aromatic carbocycles. The predicted octanol–water partition coefficient (Wildman–Crippen LogP) is 3.17. The molecule has 2 aromatic rings. The van der Waals surface area contributed by atoms with Crippen LogP contribution in [0.3, 0.4) is 0 Å². The Morgan fingerprint density at radius 3 is 2.89 bits per heavy atom. The van der Waals surface area contributed by atoms with Crippen molar-refractivity contribution in [2.45, 2.75) is 13.0 Å². The molecule has 1 aromatic heterocycles. The third-order valence-electron chi connectivity index (χ3n) is 2.64. The lowest BCUT2D eigenvalue weighted by Crippen LogP contribution is -2.16. The van der Waals surface area contributed by atoms with Crippen LogP contribution in [0.25, 0.3) is 0 Å². The molecule has 96 valence electrons. The summed E-state index contributed by atoms with van der Waals surface area (Å²) in [4.78, 5) is 0. The third kappa shape index (κ3) is 3.83. The molecule has 18 heavy (non-hydrogen) atoms. The Labute approximate surface area is 120 Å². The van der Waals surface area contributed by atoms with Gasteiger partial charge in [0.15, 0.2) is 0 Å². The molecule has 0 aliphatic carbocycles. The number of benzene rings is 1. The van der Waals surface area contributed by atoms with E-state index < -0.39 is 0 Å². The lowest BCUT2D eigenvalue weighted by Gasteiger charge is -2.05. The van der Waals surface area contributed by atoms with Crippen molar-refractivity contribution in [3.8, 4) is 0 Å². The second-order valence-corrected chi connectivity index (χ2v) is 5.42. The van der Waals surface area contributed by atoms with Gasteiger partial charge in [-0.2, -0.15) is 5.10 Å². The van der Waals surface area contributed by atoms with Gasteiger partial charge in [0.1, 0.15) is 0 Å². The van der Waals surface area contributed by atoms with E-state index >= 15 is 0 Å². The first-order chi connectivity index (χ1) is 8.65. The lowest BCUT2D eigenvalue weighted by molar-refractivity contribution is 0.665. The Morgan fingerprint density at radius 1 is 1.39 bits per heavy atom. The SMILES string of the molecule is Cn1ccc(CCNCc2ccc(Br)c(Cl)c2)n1. The van der Waals surface area contributed by atoms with Gasteiger partial charge >= 0.3 is 0 Å². The minimum Gasteiger partial charge on any atom is -0.312 e. The van der Waals surface area contributed by atoms with Gasteiger partial charge in [0, 0.05) is 37.2 Å². The van der Waals surface area contributed by atoms with Crippen molar-refractivity contribution in [2.75, 3.05) is 6.54 Å². The van der Waals surface area contributed by atoms with Crippen LogP contribution in [0.2, 0.25) is 5.02 Å². The number of nitrogens with zero attached hydrogens (tertiary/aromatic N) is 2. The van der Waals surface area contributed by atoms with Crippen molar-refractivity contribution in [1.82, 2.24) is 15.1 Å². The summed E-state index contributed by atoms with van der Waals surface area (Å²) in [7, 11) is 1.93. The van der Waals surface area contributed by atoms with E-state index in [1.807, 2.05) is 36.1 Å². The molecule has 0 spiro atoms. The summed E-state index contributed by atoms with van der Waals surface area (Å²) in [6.45, 7) is 1.73. The molecule has 2 rings (SSSR count).